The van der Waals surface area contributed by atoms with E-state index < -0.39 is 0 Å². The Kier molecular flexibility index (Phi) is 3.85. The van der Waals surface area contributed by atoms with Crippen LogP contribution in [0, 0.1) is 11.8 Å². The van der Waals surface area contributed by atoms with Gasteiger partial charge >= 0.3 is 0 Å². The third kappa shape index (κ3) is 3.21. The zero-order valence-corrected chi connectivity index (χ0v) is 11.4. The second-order valence-electron chi connectivity index (χ2n) is 4.97. The van der Waals surface area contributed by atoms with Gasteiger partial charge in [0.05, 0.1) is 12.3 Å². The molecular formula is C13H18BrNO. The highest BCUT2D eigenvalue weighted by Crippen LogP contribution is 2.31. The summed E-state index contributed by atoms with van der Waals surface area (Å²) in [7, 11) is 0. The number of ether oxygens (including phenoxy) is 1. The fourth-order valence-electron chi connectivity index (χ4n) is 2.59. The molecule has 2 nitrogen and oxygen atoms in total. The van der Waals surface area contributed by atoms with Gasteiger partial charge in [0, 0.05) is 0 Å². The van der Waals surface area contributed by atoms with Crippen molar-refractivity contribution in [3.8, 4) is 5.75 Å². The van der Waals surface area contributed by atoms with E-state index in [4.69, 9.17) is 4.74 Å². The van der Waals surface area contributed by atoms with Crippen LogP contribution in [0.25, 0.3) is 0 Å². The van der Waals surface area contributed by atoms with Crippen molar-refractivity contribution >= 4 is 15.9 Å². The average Bonchev–Trinajstić information content (AvgIpc) is 2.20. The number of pyridine rings is 1. The summed E-state index contributed by atoms with van der Waals surface area (Å²) in [4.78, 5) is 4.17. The predicted octanol–water partition coefficient (Wildman–Crippen LogP) is 4.05. The van der Waals surface area contributed by atoms with E-state index in [1.165, 1.54) is 19.3 Å². The predicted molar refractivity (Wildman–Crippen MR) is 68.5 cm³/mol. The molecule has 1 aliphatic rings. The molecule has 0 bridgehead atoms. The summed E-state index contributed by atoms with van der Waals surface area (Å²) in [6.45, 7) is 4.62. The summed E-state index contributed by atoms with van der Waals surface area (Å²) >= 11 is 3.32. The topological polar surface area (TPSA) is 22.1 Å². The number of halogens is 1. The van der Waals surface area contributed by atoms with E-state index in [-0.39, 0.29) is 0 Å². The van der Waals surface area contributed by atoms with Crippen LogP contribution in [0.3, 0.4) is 0 Å². The molecule has 88 valence electrons. The molecule has 0 amide bonds. The minimum atomic E-state index is 0.363. The third-order valence-corrected chi connectivity index (χ3v) is 3.61. The van der Waals surface area contributed by atoms with Crippen molar-refractivity contribution in [2.75, 3.05) is 0 Å². The lowest BCUT2D eigenvalue weighted by molar-refractivity contribution is 0.101. The van der Waals surface area contributed by atoms with E-state index in [1.54, 1.807) is 6.20 Å². The zero-order valence-electron chi connectivity index (χ0n) is 9.82. The molecule has 0 radical (unpaired) electrons. The number of aromatic nitrogens is 1. The van der Waals surface area contributed by atoms with Gasteiger partial charge in [0.15, 0.2) is 0 Å². The van der Waals surface area contributed by atoms with Crippen molar-refractivity contribution in [2.45, 2.75) is 39.2 Å². The van der Waals surface area contributed by atoms with Crippen molar-refractivity contribution < 1.29 is 4.74 Å². The van der Waals surface area contributed by atoms with Crippen molar-refractivity contribution in [1.82, 2.24) is 4.98 Å². The van der Waals surface area contributed by atoms with Crippen molar-refractivity contribution in [3.05, 3.63) is 22.9 Å². The third-order valence-electron chi connectivity index (χ3n) is 3.14. The van der Waals surface area contributed by atoms with Crippen LogP contribution in [0.1, 0.15) is 33.1 Å². The molecule has 0 saturated heterocycles. The molecule has 1 aromatic rings. The molecule has 16 heavy (non-hydrogen) atoms. The van der Waals surface area contributed by atoms with Gasteiger partial charge in [-0.2, -0.15) is 0 Å². The Morgan fingerprint density at radius 3 is 2.44 bits per heavy atom. The minimum absolute atomic E-state index is 0.363. The van der Waals surface area contributed by atoms with Crippen molar-refractivity contribution in [1.29, 1.82) is 0 Å². The lowest BCUT2D eigenvalue weighted by atomic mass is 9.82. The molecule has 1 aromatic heterocycles. The molecule has 2 unspecified atom stereocenters. The highest BCUT2D eigenvalue weighted by molar-refractivity contribution is 9.10. The van der Waals surface area contributed by atoms with Crippen LogP contribution < -0.4 is 4.74 Å². The lowest BCUT2D eigenvalue weighted by Gasteiger charge is -2.31. The maximum absolute atomic E-state index is 5.97. The summed E-state index contributed by atoms with van der Waals surface area (Å²) in [5.41, 5.74) is 0. The molecule has 0 aromatic carbocycles. The minimum Gasteiger partial charge on any atom is -0.489 e. The summed E-state index contributed by atoms with van der Waals surface area (Å²) in [6.07, 6.45) is 5.81. The van der Waals surface area contributed by atoms with Gasteiger partial charge in [-0.1, -0.05) is 13.8 Å². The maximum Gasteiger partial charge on any atom is 0.138 e. The molecule has 0 spiro atoms. The SMILES string of the molecule is CC1CC(C)CC(Oc2ccc(Br)nc2)C1. The second-order valence-corrected chi connectivity index (χ2v) is 5.79. The van der Waals surface area contributed by atoms with Crippen LogP contribution in [0.2, 0.25) is 0 Å². The van der Waals surface area contributed by atoms with Gasteiger partial charge in [0.2, 0.25) is 0 Å². The summed E-state index contributed by atoms with van der Waals surface area (Å²) in [6, 6.07) is 3.89. The van der Waals surface area contributed by atoms with E-state index in [1.807, 2.05) is 12.1 Å². The first-order valence-electron chi connectivity index (χ1n) is 5.91. The van der Waals surface area contributed by atoms with E-state index in [0.29, 0.717) is 6.10 Å². The molecule has 1 aliphatic carbocycles. The fourth-order valence-corrected chi connectivity index (χ4v) is 2.83. The van der Waals surface area contributed by atoms with Crippen LogP contribution in [-0.4, -0.2) is 11.1 Å². The molecular weight excluding hydrogens is 266 g/mol. The first-order chi connectivity index (χ1) is 7.63. The number of nitrogens with zero attached hydrogens (tertiary/aromatic N) is 1. The summed E-state index contributed by atoms with van der Waals surface area (Å²) in [5, 5.41) is 0. The molecule has 3 heteroatoms. The van der Waals surface area contributed by atoms with Crippen LogP contribution >= 0.6 is 15.9 Å². The molecule has 0 aliphatic heterocycles. The maximum atomic E-state index is 5.97. The highest BCUT2D eigenvalue weighted by Gasteiger charge is 2.25. The van der Waals surface area contributed by atoms with Gasteiger partial charge in [-0.15, -0.1) is 0 Å². The number of hydrogen-bond donors (Lipinski definition) is 0. The van der Waals surface area contributed by atoms with Gasteiger partial charge in [0.25, 0.3) is 0 Å². The van der Waals surface area contributed by atoms with Crippen LogP contribution in [0.5, 0.6) is 5.75 Å². The van der Waals surface area contributed by atoms with Gasteiger partial charge in [-0.05, 0) is 59.2 Å². The Balaban J connectivity index is 1.96. The van der Waals surface area contributed by atoms with Crippen molar-refractivity contribution in [3.63, 3.8) is 0 Å². The van der Waals surface area contributed by atoms with E-state index >= 15 is 0 Å². The number of hydrogen-bond acceptors (Lipinski definition) is 2. The Morgan fingerprint density at radius 1 is 1.19 bits per heavy atom. The van der Waals surface area contributed by atoms with Crippen LogP contribution in [-0.2, 0) is 0 Å². The van der Waals surface area contributed by atoms with E-state index in [2.05, 4.69) is 34.8 Å². The molecule has 1 fully saturated rings. The van der Waals surface area contributed by atoms with Crippen LogP contribution in [0.4, 0.5) is 0 Å². The second kappa shape index (κ2) is 5.17. The quantitative estimate of drug-likeness (QED) is 0.764. The van der Waals surface area contributed by atoms with Gasteiger partial charge in [0.1, 0.15) is 10.4 Å². The lowest BCUT2D eigenvalue weighted by Crippen LogP contribution is -2.28. The first kappa shape index (κ1) is 11.9. The Morgan fingerprint density at radius 2 is 1.88 bits per heavy atom. The molecule has 1 heterocycles. The molecule has 0 N–H and O–H groups in total. The molecule has 1 saturated carbocycles. The van der Waals surface area contributed by atoms with Crippen molar-refractivity contribution in [2.24, 2.45) is 11.8 Å². The van der Waals surface area contributed by atoms with E-state index in [9.17, 15) is 0 Å². The smallest absolute Gasteiger partial charge is 0.138 e. The summed E-state index contributed by atoms with van der Waals surface area (Å²) < 4.78 is 6.82. The van der Waals surface area contributed by atoms with Gasteiger partial charge in [-0.25, -0.2) is 4.98 Å². The monoisotopic (exact) mass is 283 g/mol. The number of rotatable bonds is 2. The van der Waals surface area contributed by atoms with Gasteiger partial charge in [-0.3, -0.25) is 0 Å². The Hall–Kier alpha value is -0.570. The zero-order chi connectivity index (χ0) is 11.5. The standard InChI is InChI=1S/C13H18BrNO/c1-9-5-10(2)7-12(6-9)16-11-3-4-13(14)15-8-11/h3-4,8-10,12H,5-7H2,1-2H3. The normalized spacial score (nSPS) is 30.1. The first-order valence-corrected chi connectivity index (χ1v) is 6.71. The average molecular weight is 284 g/mol. The molecule has 2 rings (SSSR count). The van der Waals surface area contributed by atoms with E-state index in [0.717, 1.165) is 22.2 Å². The fraction of sp³-hybridized carbons (Fsp3) is 0.615. The highest BCUT2D eigenvalue weighted by atomic mass is 79.9. The van der Waals surface area contributed by atoms with Gasteiger partial charge < -0.3 is 4.74 Å². The molecule has 2 atom stereocenters. The van der Waals surface area contributed by atoms with Crippen LogP contribution in [0.15, 0.2) is 22.9 Å². The Labute approximate surface area is 106 Å². The summed E-state index contributed by atoms with van der Waals surface area (Å²) in [5.74, 6) is 2.43. The Bertz CT molecular complexity index is 328. The largest absolute Gasteiger partial charge is 0.489 e.